The van der Waals surface area contributed by atoms with Crippen LogP contribution in [-0.4, -0.2) is 9.55 Å². The third kappa shape index (κ3) is 1.63. The number of nitrogens with zero attached hydrogens (tertiary/aromatic N) is 1. The van der Waals surface area contributed by atoms with E-state index in [4.69, 9.17) is 11.6 Å². The number of halogens is 1. The summed E-state index contributed by atoms with van der Waals surface area (Å²) >= 11 is 5.72. The third-order valence-corrected chi connectivity index (χ3v) is 3.40. The van der Waals surface area contributed by atoms with Crippen LogP contribution >= 0.6 is 11.6 Å². The summed E-state index contributed by atoms with van der Waals surface area (Å²) in [7, 11) is 0. The summed E-state index contributed by atoms with van der Waals surface area (Å²) in [6.45, 7) is 3.73. The topological polar surface area (TPSA) is 54.9 Å². The molecule has 0 saturated heterocycles. The van der Waals surface area contributed by atoms with Gasteiger partial charge in [0.15, 0.2) is 0 Å². The van der Waals surface area contributed by atoms with E-state index in [9.17, 15) is 9.59 Å². The van der Waals surface area contributed by atoms with E-state index in [1.54, 1.807) is 6.92 Å². The predicted molar refractivity (Wildman–Crippen MR) is 58.5 cm³/mol. The van der Waals surface area contributed by atoms with Crippen LogP contribution in [0.25, 0.3) is 0 Å². The summed E-state index contributed by atoms with van der Waals surface area (Å²) in [6, 6.07) is 0.0483. The van der Waals surface area contributed by atoms with E-state index in [0.717, 1.165) is 12.8 Å². The van der Waals surface area contributed by atoms with E-state index in [2.05, 4.69) is 11.9 Å². The highest BCUT2D eigenvalue weighted by Crippen LogP contribution is 2.35. The van der Waals surface area contributed by atoms with E-state index >= 15 is 0 Å². The molecule has 82 valence electrons. The average molecular weight is 229 g/mol. The monoisotopic (exact) mass is 228 g/mol. The minimum Gasteiger partial charge on any atom is -0.297 e. The predicted octanol–water partition coefficient (Wildman–Crippen LogP) is 1.47. The van der Waals surface area contributed by atoms with E-state index in [0.29, 0.717) is 11.5 Å². The summed E-state index contributed by atoms with van der Waals surface area (Å²) in [6.07, 6.45) is 1.79. The number of H-pyrrole nitrogens is 1. The molecule has 1 aliphatic rings. The largest absolute Gasteiger partial charge is 0.329 e. The van der Waals surface area contributed by atoms with E-state index in [1.807, 2.05) is 0 Å². The van der Waals surface area contributed by atoms with E-state index in [1.165, 1.54) is 4.57 Å². The number of rotatable bonds is 1. The Hall–Kier alpha value is -1.03. The number of hydrogen-bond donors (Lipinski definition) is 1. The third-order valence-electron chi connectivity index (χ3n) is 3.02. The van der Waals surface area contributed by atoms with Crippen molar-refractivity contribution >= 4 is 11.6 Å². The Morgan fingerprint density at radius 1 is 1.40 bits per heavy atom. The van der Waals surface area contributed by atoms with Crippen molar-refractivity contribution in [2.24, 2.45) is 5.92 Å². The van der Waals surface area contributed by atoms with Gasteiger partial charge >= 0.3 is 5.69 Å². The Labute approximate surface area is 91.9 Å². The van der Waals surface area contributed by atoms with E-state index in [-0.39, 0.29) is 16.8 Å². The van der Waals surface area contributed by atoms with Crippen LogP contribution in [0.15, 0.2) is 9.59 Å². The fraction of sp³-hybridized carbons (Fsp3) is 0.600. The molecule has 15 heavy (non-hydrogen) atoms. The van der Waals surface area contributed by atoms with Crippen LogP contribution in [-0.2, 0) is 0 Å². The minimum absolute atomic E-state index is 0.0483. The van der Waals surface area contributed by atoms with Gasteiger partial charge in [0, 0.05) is 11.6 Å². The first-order valence-electron chi connectivity index (χ1n) is 5.01. The smallest absolute Gasteiger partial charge is 0.297 e. The lowest BCUT2D eigenvalue weighted by Gasteiger charge is -2.33. The molecule has 0 aliphatic heterocycles. The van der Waals surface area contributed by atoms with Gasteiger partial charge in [-0.1, -0.05) is 18.5 Å². The zero-order valence-corrected chi connectivity index (χ0v) is 9.47. The Kier molecular flexibility index (Phi) is 2.46. The van der Waals surface area contributed by atoms with Crippen LogP contribution in [0, 0.1) is 12.8 Å². The molecule has 0 bridgehead atoms. The second-order valence-electron chi connectivity index (χ2n) is 4.27. The van der Waals surface area contributed by atoms with Crippen molar-refractivity contribution in [3.63, 3.8) is 0 Å². The van der Waals surface area contributed by atoms with Crippen molar-refractivity contribution in [1.82, 2.24) is 9.55 Å². The van der Waals surface area contributed by atoms with Crippen LogP contribution in [0.4, 0.5) is 0 Å². The van der Waals surface area contributed by atoms with Crippen LogP contribution in [0.5, 0.6) is 0 Å². The zero-order chi connectivity index (χ0) is 11.2. The second kappa shape index (κ2) is 3.52. The van der Waals surface area contributed by atoms with Gasteiger partial charge in [-0.15, -0.1) is 0 Å². The molecule has 0 atom stereocenters. The maximum absolute atomic E-state index is 11.8. The molecule has 1 aromatic heterocycles. The number of aromatic amines is 1. The molecular formula is C10H13ClN2O2. The highest BCUT2D eigenvalue weighted by atomic mass is 35.5. The SMILES string of the molecule is Cc1c(Cl)[nH]c(=O)n(C2CC(C)C2)c1=O. The fourth-order valence-electron chi connectivity index (χ4n) is 2.02. The molecule has 1 saturated carbocycles. The first kappa shape index (κ1) is 10.5. The molecule has 1 aliphatic carbocycles. The van der Waals surface area contributed by atoms with Crippen LogP contribution in [0.3, 0.4) is 0 Å². The van der Waals surface area contributed by atoms with Gasteiger partial charge in [-0.25, -0.2) is 4.79 Å². The molecule has 0 unspecified atom stereocenters. The number of aromatic nitrogens is 2. The summed E-state index contributed by atoms with van der Waals surface area (Å²) in [5.41, 5.74) is -0.246. The maximum atomic E-state index is 11.8. The molecule has 4 nitrogen and oxygen atoms in total. The molecule has 0 aromatic carbocycles. The molecule has 1 aromatic rings. The van der Waals surface area contributed by atoms with Gasteiger partial charge in [0.2, 0.25) is 0 Å². The summed E-state index contributed by atoms with van der Waals surface area (Å²) in [5.74, 6) is 0.595. The van der Waals surface area contributed by atoms with Gasteiger partial charge in [-0.2, -0.15) is 0 Å². The van der Waals surface area contributed by atoms with Crippen molar-refractivity contribution in [3.05, 3.63) is 31.6 Å². The Bertz CT molecular complexity index is 497. The second-order valence-corrected chi connectivity index (χ2v) is 4.65. The molecule has 0 radical (unpaired) electrons. The quantitative estimate of drug-likeness (QED) is 0.740. The summed E-state index contributed by atoms with van der Waals surface area (Å²) < 4.78 is 1.29. The molecule has 0 amide bonds. The van der Waals surface area contributed by atoms with Crippen LogP contribution in [0.2, 0.25) is 5.15 Å². The Balaban J connectivity index is 2.53. The number of hydrogen-bond acceptors (Lipinski definition) is 2. The molecule has 1 N–H and O–H groups in total. The van der Waals surface area contributed by atoms with Crippen LogP contribution in [0.1, 0.15) is 31.4 Å². The normalized spacial score (nSPS) is 25.0. The van der Waals surface area contributed by atoms with Gasteiger partial charge in [-0.05, 0) is 25.7 Å². The standard InChI is InChI=1S/C10H13ClN2O2/c1-5-3-7(4-5)13-9(14)6(2)8(11)12-10(13)15/h5,7H,3-4H2,1-2H3,(H,12,15). The lowest BCUT2D eigenvalue weighted by molar-refractivity contribution is 0.205. The fourth-order valence-corrected chi connectivity index (χ4v) is 2.18. The Morgan fingerprint density at radius 2 is 2.00 bits per heavy atom. The lowest BCUT2D eigenvalue weighted by Crippen LogP contribution is -2.43. The van der Waals surface area contributed by atoms with Gasteiger partial charge in [0.1, 0.15) is 5.15 Å². The van der Waals surface area contributed by atoms with Gasteiger partial charge in [0.05, 0.1) is 0 Å². The van der Waals surface area contributed by atoms with E-state index < -0.39 is 5.69 Å². The Morgan fingerprint density at radius 3 is 2.53 bits per heavy atom. The molecule has 1 heterocycles. The lowest BCUT2D eigenvalue weighted by atomic mass is 9.81. The molecule has 2 rings (SSSR count). The van der Waals surface area contributed by atoms with Gasteiger partial charge in [0.25, 0.3) is 5.56 Å². The first-order chi connectivity index (χ1) is 7.00. The van der Waals surface area contributed by atoms with Gasteiger partial charge < -0.3 is 0 Å². The van der Waals surface area contributed by atoms with Crippen LogP contribution < -0.4 is 11.2 Å². The van der Waals surface area contributed by atoms with Crippen molar-refractivity contribution < 1.29 is 0 Å². The molecule has 0 spiro atoms. The summed E-state index contributed by atoms with van der Waals surface area (Å²) in [5, 5.41) is 0.147. The molecular weight excluding hydrogens is 216 g/mol. The highest BCUT2D eigenvalue weighted by molar-refractivity contribution is 6.30. The van der Waals surface area contributed by atoms with Crippen molar-refractivity contribution in [2.45, 2.75) is 32.7 Å². The molecule has 5 heteroatoms. The van der Waals surface area contributed by atoms with Crippen molar-refractivity contribution in [1.29, 1.82) is 0 Å². The highest BCUT2D eigenvalue weighted by Gasteiger charge is 2.29. The first-order valence-corrected chi connectivity index (χ1v) is 5.39. The summed E-state index contributed by atoms with van der Waals surface area (Å²) in [4.78, 5) is 25.9. The van der Waals surface area contributed by atoms with Crippen molar-refractivity contribution in [3.8, 4) is 0 Å². The maximum Gasteiger partial charge on any atom is 0.329 e. The minimum atomic E-state index is -0.396. The zero-order valence-electron chi connectivity index (χ0n) is 8.71. The van der Waals surface area contributed by atoms with Gasteiger partial charge in [-0.3, -0.25) is 14.3 Å². The molecule has 1 fully saturated rings. The van der Waals surface area contributed by atoms with Crippen molar-refractivity contribution in [2.75, 3.05) is 0 Å². The average Bonchev–Trinajstić information content (AvgIpc) is 2.12. The number of nitrogens with one attached hydrogen (secondary N) is 1.